The molecule has 2 aromatic carbocycles. The quantitative estimate of drug-likeness (QED) is 0.199. The van der Waals surface area contributed by atoms with Gasteiger partial charge in [-0.25, -0.2) is 0 Å². The summed E-state index contributed by atoms with van der Waals surface area (Å²) in [6, 6.07) is 16.3. The fourth-order valence-electron chi connectivity index (χ4n) is 3.58. The van der Waals surface area contributed by atoms with Crippen LogP contribution in [0.2, 0.25) is 0 Å². The van der Waals surface area contributed by atoms with Crippen molar-refractivity contribution >= 4 is 41.5 Å². The Bertz CT molecular complexity index is 885. The normalized spacial score (nSPS) is 13.8. The van der Waals surface area contributed by atoms with Crippen molar-refractivity contribution in [1.82, 2.24) is 15.5 Å². The molecule has 3 rings (SSSR count). The smallest absolute Gasteiger partial charge is 0.227 e. The van der Waals surface area contributed by atoms with E-state index in [0.29, 0.717) is 19.5 Å². The second-order valence-corrected chi connectivity index (χ2v) is 8.24. The third kappa shape index (κ3) is 8.85. The molecule has 0 radical (unpaired) electrons. The molecule has 0 saturated carbocycles. The summed E-state index contributed by atoms with van der Waals surface area (Å²) in [4.78, 5) is 20.2. The Balaban J connectivity index is 0.00000385. The lowest BCUT2D eigenvalue weighted by Gasteiger charge is -2.16. The van der Waals surface area contributed by atoms with Gasteiger partial charge in [-0.05, 0) is 62.3 Å². The van der Waals surface area contributed by atoms with Gasteiger partial charge in [0.1, 0.15) is 5.75 Å². The summed E-state index contributed by atoms with van der Waals surface area (Å²) in [7, 11) is 5.90. The number of nitrogens with zero attached hydrogens (tertiary/aromatic N) is 3. The Labute approximate surface area is 214 Å². The van der Waals surface area contributed by atoms with E-state index < -0.39 is 0 Å². The molecule has 0 unspecified atom stereocenters. The first-order valence-corrected chi connectivity index (χ1v) is 11.3. The summed E-state index contributed by atoms with van der Waals surface area (Å²) in [5.74, 6) is 1.85. The predicted octanol–water partition coefficient (Wildman–Crippen LogP) is 3.63. The average Bonchev–Trinajstić information content (AvgIpc) is 3.24. The third-order valence-corrected chi connectivity index (χ3v) is 5.41. The van der Waals surface area contributed by atoms with Crippen LogP contribution in [0.15, 0.2) is 53.5 Å². The van der Waals surface area contributed by atoms with Crippen LogP contribution in [0.4, 0.5) is 5.69 Å². The van der Waals surface area contributed by atoms with Crippen molar-refractivity contribution in [2.45, 2.75) is 32.4 Å². The number of benzene rings is 2. The molecule has 1 aliphatic heterocycles. The number of rotatable bonds is 10. The zero-order valence-corrected chi connectivity index (χ0v) is 22.2. The monoisotopic (exact) mass is 565 g/mol. The van der Waals surface area contributed by atoms with Crippen LogP contribution < -0.4 is 20.3 Å². The van der Waals surface area contributed by atoms with Gasteiger partial charge in [-0.2, -0.15) is 0 Å². The molecule has 180 valence electrons. The number of carbonyl (C=O) groups excluding carboxylic acids is 1. The number of anilines is 1. The van der Waals surface area contributed by atoms with E-state index in [0.717, 1.165) is 61.1 Å². The summed E-state index contributed by atoms with van der Waals surface area (Å²) in [5, 5.41) is 6.68. The number of ether oxygens (including phenoxy) is 1. The lowest BCUT2D eigenvalue weighted by Crippen LogP contribution is -2.36. The highest BCUT2D eigenvalue weighted by Gasteiger charge is 2.21. The summed E-state index contributed by atoms with van der Waals surface area (Å²) < 4.78 is 5.79. The fourth-order valence-corrected chi connectivity index (χ4v) is 3.58. The molecule has 2 aromatic rings. The number of halogens is 1. The molecule has 1 aliphatic rings. The maximum Gasteiger partial charge on any atom is 0.227 e. The van der Waals surface area contributed by atoms with Crippen molar-refractivity contribution < 1.29 is 9.53 Å². The number of amides is 1. The number of carbonyl (C=O) groups is 1. The van der Waals surface area contributed by atoms with Crippen LogP contribution in [0, 0.1) is 0 Å². The minimum Gasteiger partial charge on any atom is -0.494 e. The highest BCUT2D eigenvalue weighted by Crippen LogP contribution is 2.21. The van der Waals surface area contributed by atoms with Gasteiger partial charge in [0.25, 0.3) is 0 Å². The molecule has 0 aliphatic carbocycles. The molecule has 1 fully saturated rings. The van der Waals surface area contributed by atoms with Gasteiger partial charge in [-0.3, -0.25) is 9.79 Å². The summed E-state index contributed by atoms with van der Waals surface area (Å²) >= 11 is 0. The molecule has 0 aromatic heterocycles. The van der Waals surface area contributed by atoms with Crippen molar-refractivity contribution in [2.75, 3.05) is 45.7 Å². The van der Waals surface area contributed by atoms with Gasteiger partial charge in [-0.1, -0.05) is 24.3 Å². The summed E-state index contributed by atoms with van der Waals surface area (Å²) in [6.07, 6.45) is 2.60. The van der Waals surface area contributed by atoms with Crippen LogP contribution >= 0.6 is 24.0 Å². The van der Waals surface area contributed by atoms with Crippen LogP contribution in [0.5, 0.6) is 5.75 Å². The molecule has 1 saturated heterocycles. The molecule has 8 heteroatoms. The van der Waals surface area contributed by atoms with Crippen molar-refractivity contribution in [3.05, 3.63) is 59.7 Å². The topological polar surface area (TPSA) is 69.2 Å². The number of hydrogen-bond acceptors (Lipinski definition) is 4. The van der Waals surface area contributed by atoms with E-state index in [4.69, 9.17) is 4.74 Å². The van der Waals surface area contributed by atoms with E-state index in [1.54, 1.807) is 7.05 Å². The zero-order valence-electron chi connectivity index (χ0n) is 19.8. The first-order valence-electron chi connectivity index (χ1n) is 11.3. The van der Waals surface area contributed by atoms with Crippen molar-refractivity contribution in [3.63, 3.8) is 0 Å². The maximum absolute atomic E-state index is 11.9. The lowest BCUT2D eigenvalue weighted by molar-refractivity contribution is -0.117. The molecule has 2 N–H and O–H groups in total. The van der Waals surface area contributed by atoms with Gasteiger partial charge < -0.3 is 25.2 Å². The van der Waals surface area contributed by atoms with E-state index in [9.17, 15) is 4.79 Å². The standard InChI is InChI=1S/C25H35N5O2.HI/c1-26-25(27-18-20-7-11-22(12-8-20)30-16-4-6-24(30)31)28-19-21-9-13-23(14-10-21)32-17-5-15-29(2)3;/h7-14H,4-6,15-19H2,1-3H3,(H2,26,27,28);1H. The van der Waals surface area contributed by atoms with Gasteiger partial charge in [-0.15, -0.1) is 24.0 Å². The number of hydrogen-bond donors (Lipinski definition) is 2. The van der Waals surface area contributed by atoms with E-state index in [1.807, 2.05) is 29.2 Å². The molecular formula is C25H36IN5O2. The summed E-state index contributed by atoms with van der Waals surface area (Å²) in [5.41, 5.74) is 3.27. The van der Waals surface area contributed by atoms with Gasteiger partial charge in [0.15, 0.2) is 5.96 Å². The van der Waals surface area contributed by atoms with Gasteiger partial charge >= 0.3 is 0 Å². The Morgan fingerprint density at radius 1 is 1.03 bits per heavy atom. The highest BCUT2D eigenvalue weighted by atomic mass is 127. The molecule has 0 atom stereocenters. The van der Waals surface area contributed by atoms with Crippen molar-refractivity contribution in [2.24, 2.45) is 4.99 Å². The van der Waals surface area contributed by atoms with E-state index >= 15 is 0 Å². The SMILES string of the molecule is CN=C(NCc1ccc(OCCCN(C)C)cc1)NCc1ccc(N2CCCC2=O)cc1.I. The zero-order chi connectivity index (χ0) is 22.8. The molecule has 0 bridgehead atoms. The van der Waals surface area contributed by atoms with E-state index in [-0.39, 0.29) is 29.9 Å². The molecule has 0 spiro atoms. The largest absolute Gasteiger partial charge is 0.494 e. The highest BCUT2D eigenvalue weighted by molar-refractivity contribution is 14.0. The Morgan fingerprint density at radius 2 is 1.64 bits per heavy atom. The van der Waals surface area contributed by atoms with Crippen molar-refractivity contribution in [1.29, 1.82) is 0 Å². The molecule has 1 heterocycles. The van der Waals surface area contributed by atoms with E-state index in [1.165, 1.54) is 0 Å². The first-order chi connectivity index (χ1) is 15.5. The molecule has 1 amide bonds. The third-order valence-electron chi connectivity index (χ3n) is 5.41. The van der Waals surface area contributed by atoms with Crippen molar-refractivity contribution in [3.8, 4) is 5.75 Å². The van der Waals surface area contributed by atoms with Crippen LogP contribution in [-0.4, -0.2) is 57.6 Å². The van der Waals surface area contributed by atoms with Crippen LogP contribution in [-0.2, 0) is 17.9 Å². The summed E-state index contributed by atoms with van der Waals surface area (Å²) in [6.45, 7) is 3.90. The Kier molecular flexibility index (Phi) is 11.5. The first kappa shape index (κ1) is 26.9. The van der Waals surface area contributed by atoms with E-state index in [2.05, 4.69) is 58.9 Å². The fraction of sp³-hybridized carbons (Fsp3) is 0.440. The molecule has 33 heavy (non-hydrogen) atoms. The lowest BCUT2D eigenvalue weighted by atomic mass is 10.2. The minimum atomic E-state index is 0. The predicted molar refractivity (Wildman–Crippen MR) is 146 cm³/mol. The Morgan fingerprint density at radius 3 is 2.15 bits per heavy atom. The van der Waals surface area contributed by atoms with Crippen LogP contribution in [0.3, 0.4) is 0 Å². The van der Waals surface area contributed by atoms with Gasteiger partial charge in [0.05, 0.1) is 6.61 Å². The van der Waals surface area contributed by atoms with Crippen LogP contribution in [0.25, 0.3) is 0 Å². The second-order valence-electron chi connectivity index (χ2n) is 8.24. The van der Waals surface area contributed by atoms with Crippen LogP contribution in [0.1, 0.15) is 30.4 Å². The average molecular weight is 566 g/mol. The number of guanidine groups is 1. The number of nitrogens with one attached hydrogen (secondary N) is 2. The van der Waals surface area contributed by atoms with Gasteiger partial charge in [0.2, 0.25) is 5.91 Å². The number of aliphatic imine (C=N–C) groups is 1. The second kappa shape index (κ2) is 14.0. The minimum absolute atomic E-state index is 0. The molecular weight excluding hydrogens is 529 g/mol. The van der Waals surface area contributed by atoms with Gasteiger partial charge in [0, 0.05) is 45.3 Å². The Hall–Kier alpha value is -2.33. The molecule has 7 nitrogen and oxygen atoms in total. The maximum atomic E-state index is 11.9.